The van der Waals surface area contributed by atoms with E-state index in [2.05, 4.69) is 10.3 Å². The average molecular weight is 374 g/mol. The number of para-hydroxylation sites is 1. The number of nitrogens with one attached hydrogen (secondary N) is 1. The maximum atomic E-state index is 11.9. The topological polar surface area (TPSA) is 70.7 Å². The van der Waals surface area contributed by atoms with Gasteiger partial charge in [-0.1, -0.05) is 18.2 Å². The van der Waals surface area contributed by atoms with Crippen LogP contribution >= 0.6 is 24.0 Å². The largest absolute Gasteiger partial charge is 0.370 e. The van der Waals surface area contributed by atoms with E-state index in [0.29, 0.717) is 25.5 Å². The minimum absolute atomic E-state index is 0. The van der Waals surface area contributed by atoms with E-state index in [0.717, 1.165) is 5.69 Å². The van der Waals surface area contributed by atoms with Crippen molar-refractivity contribution in [3.63, 3.8) is 0 Å². The molecule has 0 aromatic heterocycles. The Morgan fingerprint density at radius 3 is 2.79 bits per heavy atom. The number of hydrogen-bond donors (Lipinski definition) is 2. The Bertz CT molecular complexity index is 449. The second-order valence-electron chi connectivity index (χ2n) is 4.24. The summed E-state index contributed by atoms with van der Waals surface area (Å²) < 4.78 is 0. The van der Waals surface area contributed by atoms with Crippen LogP contribution in [0.25, 0.3) is 0 Å². The first-order valence-corrected chi connectivity index (χ1v) is 6.12. The van der Waals surface area contributed by atoms with Gasteiger partial charge in [0.05, 0.1) is 6.04 Å². The Kier molecular flexibility index (Phi) is 6.07. The summed E-state index contributed by atoms with van der Waals surface area (Å²) in [5.41, 5.74) is 6.63. The minimum atomic E-state index is 0. The Morgan fingerprint density at radius 1 is 1.47 bits per heavy atom. The number of nitrogens with zero attached hydrogens (tertiary/aromatic N) is 2. The van der Waals surface area contributed by atoms with Gasteiger partial charge in [0.15, 0.2) is 5.96 Å². The lowest BCUT2D eigenvalue weighted by molar-refractivity contribution is -0.117. The normalized spacial score (nSPS) is 19.2. The quantitative estimate of drug-likeness (QED) is 0.477. The van der Waals surface area contributed by atoms with E-state index in [-0.39, 0.29) is 35.9 Å². The summed E-state index contributed by atoms with van der Waals surface area (Å²) in [4.78, 5) is 17.8. The molecule has 3 N–H and O–H groups in total. The highest BCUT2D eigenvalue weighted by molar-refractivity contribution is 14.0. The van der Waals surface area contributed by atoms with Gasteiger partial charge in [0.1, 0.15) is 0 Å². The molecular formula is C13H19IN4O. The molecule has 2 rings (SSSR count). The summed E-state index contributed by atoms with van der Waals surface area (Å²) in [5.74, 6) is 0.521. The SMILES string of the molecule is CCN=C(N)NC1CC(=O)N(c2ccccc2)C1.I. The predicted octanol–water partition coefficient (Wildman–Crippen LogP) is 1.33. The molecule has 1 amide bonds. The van der Waals surface area contributed by atoms with Gasteiger partial charge in [0.25, 0.3) is 0 Å². The van der Waals surface area contributed by atoms with Gasteiger partial charge >= 0.3 is 0 Å². The molecular weight excluding hydrogens is 355 g/mol. The third kappa shape index (κ3) is 4.09. The van der Waals surface area contributed by atoms with Gasteiger partial charge in [-0.05, 0) is 19.1 Å². The Balaban J connectivity index is 0.00000180. The number of hydrogen-bond acceptors (Lipinski definition) is 2. The maximum Gasteiger partial charge on any atom is 0.229 e. The number of halogens is 1. The first-order valence-electron chi connectivity index (χ1n) is 6.12. The van der Waals surface area contributed by atoms with E-state index in [4.69, 9.17) is 5.73 Å². The van der Waals surface area contributed by atoms with Gasteiger partial charge in [0, 0.05) is 25.2 Å². The molecule has 19 heavy (non-hydrogen) atoms. The van der Waals surface area contributed by atoms with Gasteiger partial charge < -0.3 is 16.0 Å². The molecule has 0 radical (unpaired) electrons. The number of carbonyl (C=O) groups is 1. The molecule has 1 aromatic rings. The third-order valence-corrected chi connectivity index (χ3v) is 2.87. The Morgan fingerprint density at radius 2 is 2.16 bits per heavy atom. The summed E-state index contributed by atoms with van der Waals surface area (Å²) in [5, 5.41) is 3.08. The number of amides is 1. The lowest BCUT2D eigenvalue weighted by Crippen LogP contribution is -2.41. The summed E-state index contributed by atoms with van der Waals surface area (Å²) in [7, 11) is 0. The summed E-state index contributed by atoms with van der Waals surface area (Å²) >= 11 is 0. The molecule has 1 aliphatic heterocycles. The van der Waals surface area contributed by atoms with Gasteiger partial charge in [0.2, 0.25) is 5.91 Å². The van der Waals surface area contributed by atoms with Crippen LogP contribution in [0, 0.1) is 0 Å². The zero-order valence-corrected chi connectivity index (χ0v) is 13.2. The van der Waals surface area contributed by atoms with Gasteiger partial charge in [-0.2, -0.15) is 0 Å². The molecule has 104 valence electrons. The molecule has 6 heteroatoms. The zero-order chi connectivity index (χ0) is 13.0. The van der Waals surface area contributed by atoms with E-state index in [1.54, 1.807) is 4.90 Å². The van der Waals surface area contributed by atoms with Gasteiger partial charge in [-0.25, -0.2) is 0 Å². The van der Waals surface area contributed by atoms with Crippen molar-refractivity contribution in [1.82, 2.24) is 5.32 Å². The molecule has 1 heterocycles. The summed E-state index contributed by atoms with van der Waals surface area (Å²) in [6.45, 7) is 3.19. The smallest absolute Gasteiger partial charge is 0.229 e. The van der Waals surface area contributed by atoms with Crippen molar-refractivity contribution in [2.24, 2.45) is 10.7 Å². The van der Waals surface area contributed by atoms with Crippen molar-refractivity contribution in [3.8, 4) is 0 Å². The number of nitrogens with two attached hydrogens (primary N) is 1. The fourth-order valence-corrected chi connectivity index (χ4v) is 2.09. The first kappa shape index (κ1) is 15.7. The van der Waals surface area contributed by atoms with E-state index >= 15 is 0 Å². The molecule has 1 fully saturated rings. The lowest BCUT2D eigenvalue weighted by atomic mass is 10.2. The highest BCUT2D eigenvalue weighted by atomic mass is 127. The molecule has 1 saturated heterocycles. The molecule has 1 aliphatic rings. The standard InChI is InChI=1S/C13H18N4O.HI/c1-2-15-13(14)16-10-8-12(18)17(9-10)11-6-4-3-5-7-11;/h3-7,10H,2,8-9H2,1H3,(H3,14,15,16);1H. The van der Waals surface area contributed by atoms with Crippen molar-refractivity contribution in [3.05, 3.63) is 30.3 Å². The third-order valence-electron chi connectivity index (χ3n) is 2.87. The van der Waals surface area contributed by atoms with Crippen molar-refractivity contribution in [2.45, 2.75) is 19.4 Å². The molecule has 0 spiro atoms. The van der Waals surface area contributed by atoms with Gasteiger partial charge in [-0.15, -0.1) is 24.0 Å². The van der Waals surface area contributed by atoms with Crippen molar-refractivity contribution in [1.29, 1.82) is 0 Å². The van der Waals surface area contributed by atoms with E-state index in [9.17, 15) is 4.79 Å². The second kappa shape index (κ2) is 7.32. The Labute approximate surface area is 130 Å². The molecule has 1 atom stereocenters. The number of carbonyl (C=O) groups excluding carboxylic acids is 1. The molecule has 0 saturated carbocycles. The second-order valence-corrected chi connectivity index (χ2v) is 4.24. The fourth-order valence-electron chi connectivity index (χ4n) is 2.09. The highest BCUT2D eigenvalue weighted by Gasteiger charge is 2.30. The lowest BCUT2D eigenvalue weighted by Gasteiger charge is -2.17. The van der Waals surface area contributed by atoms with Crippen molar-refractivity contribution < 1.29 is 4.79 Å². The van der Waals surface area contributed by atoms with Crippen LogP contribution < -0.4 is 16.0 Å². The van der Waals surface area contributed by atoms with Crippen LogP contribution in [-0.4, -0.2) is 31.0 Å². The fraction of sp³-hybridized carbons (Fsp3) is 0.385. The first-order chi connectivity index (χ1) is 8.70. The average Bonchev–Trinajstić information content (AvgIpc) is 2.71. The number of benzene rings is 1. The van der Waals surface area contributed by atoms with Gasteiger partial charge in [-0.3, -0.25) is 9.79 Å². The summed E-state index contributed by atoms with van der Waals surface area (Å²) in [6, 6.07) is 9.69. The monoisotopic (exact) mass is 374 g/mol. The molecule has 1 unspecified atom stereocenters. The van der Waals surface area contributed by atoms with Crippen LogP contribution in [0.1, 0.15) is 13.3 Å². The zero-order valence-electron chi connectivity index (χ0n) is 10.9. The number of rotatable bonds is 3. The minimum Gasteiger partial charge on any atom is -0.370 e. The van der Waals surface area contributed by atoms with Crippen molar-refractivity contribution in [2.75, 3.05) is 18.0 Å². The maximum absolute atomic E-state index is 11.9. The van der Waals surface area contributed by atoms with E-state index in [1.165, 1.54) is 0 Å². The van der Waals surface area contributed by atoms with Crippen LogP contribution in [0.3, 0.4) is 0 Å². The molecule has 5 nitrogen and oxygen atoms in total. The van der Waals surface area contributed by atoms with Crippen LogP contribution in [-0.2, 0) is 4.79 Å². The van der Waals surface area contributed by atoms with Crippen molar-refractivity contribution >= 4 is 41.5 Å². The number of guanidine groups is 1. The van der Waals surface area contributed by atoms with Crippen LogP contribution in [0.15, 0.2) is 35.3 Å². The van der Waals surface area contributed by atoms with E-state index < -0.39 is 0 Å². The van der Waals surface area contributed by atoms with E-state index in [1.807, 2.05) is 37.3 Å². The Hall–Kier alpha value is -1.31. The predicted molar refractivity (Wildman–Crippen MR) is 87.9 cm³/mol. The number of anilines is 1. The molecule has 0 aliphatic carbocycles. The number of aliphatic imine (C=N–C) groups is 1. The molecule has 1 aromatic carbocycles. The van der Waals surface area contributed by atoms with Crippen LogP contribution in [0.2, 0.25) is 0 Å². The van der Waals surface area contributed by atoms with Crippen LogP contribution in [0.5, 0.6) is 0 Å². The van der Waals surface area contributed by atoms with Crippen LogP contribution in [0.4, 0.5) is 5.69 Å². The summed E-state index contributed by atoms with van der Waals surface area (Å²) in [6.07, 6.45) is 0.453. The molecule has 0 bridgehead atoms. The highest BCUT2D eigenvalue weighted by Crippen LogP contribution is 2.20.